The maximum absolute atomic E-state index is 5.78. The minimum absolute atomic E-state index is 0.255. The molecule has 0 bridgehead atoms. The van der Waals surface area contributed by atoms with Crippen LogP contribution >= 0.6 is 0 Å². The highest BCUT2D eigenvalue weighted by Gasteiger charge is 2.39. The van der Waals surface area contributed by atoms with Gasteiger partial charge in [-0.1, -0.05) is 30.7 Å². The fourth-order valence-corrected chi connectivity index (χ4v) is 2.59. The molecule has 2 heteroatoms. The number of ether oxygens (including phenoxy) is 1. The second-order valence-electron chi connectivity index (χ2n) is 4.43. The Kier molecular flexibility index (Phi) is 3.08. The molecule has 1 aliphatic carbocycles. The Bertz CT molecular complexity index is 331. The van der Waals surface area contributed by atoms with Crippen LogP contribution in [-0.2, 0) is 16.7 Å². The molecule has 0 saturated heterocycles. The van der Waals surface area contributed by atoms with Crippen LogP contribution < -0.4 is 5.73 Å². The average molecular weight is 205 g/mol. The molecule has 0 spiro atoms. The highest BCUT2D eigenvalue weighted by atomic mass is 16.5. The third-order valence-corrected chi connectivity index (χ3v) is 3.54. The summed E-state index contributed by atoms with van der Waals surface area (Å²) in [5, 5.41) is 0. The zero-order valence-electron chi connectivity index (χ0n) is 9.33. The molecule has 2 nitrogen and oxygen atoms in total. The number of nitrogens with two attached hydrogens (primary N) is 1. The van der Waals surface area contributed by atoms with Gasteiger partial charge in [-0.05, 0) is 24.0 Å². The minimum Gasteiger partial charge on any atom is -0.384 e. The lowest BCUT2D eigenvalue weighted by Crippen LogP contribution is -2.39. The van der Waals surface area contributed by atoms with E-state index in [0.29, 0.717) is 6.54 Å². The predicted molar refractivity (Wildman–Crippen MR) is 61.7 cm³/mol. The molecule has 0 radical (unpaired) electrons. The van der Waals surface area contributed by atoms with Crippen LogP contribution in [0.3, 0.4) is 0 Å². The molecule has 1 fully saturated rings. The molecule has 0 aromatic heterocycles. The summed E-state index contributed by atoms with van der Waals surface area (Å²) in [6.07, 6.45) is 3.78. The van der Waals surface area contributed by atoms with E-state index in [1.54, 1.807) is 7.11 Å². The van der Waals surface area contributed by atoms with E-state index >= 15 is 0 Å². The van der Waals surface area contributed by atoms with Crippen molar-refractivity contribution in [2.45, 2.75) is 31.2 Å². The lowest BCUT2D eigenvalue weighted by molar-refractivity contribution is 0.0786. The Balaban J connectivity index is 2.33. The number of rotatable bonds is 4. The summed E-state index contributed by atoms with van der Waals surface area (Å²) in [6.45, 7) is 1.45. The van der Waals surface area contributed by atoms with E-state index in [1.807, 2.05) is 0 Å². The Morgan fingerprint density at radius 3 is 2.60 bits per heavy atom. The van der Waals surface area contributed by atoms with Gasteiger partial charge in [0.2, 0.25) is 0 Å². The van der Waals surface area contributed by atoms with Crippen LogP contribution in [0.1, 0.15) is 30.4 Å². The van der Waals surface area contributed by atoms with E-state index in [-0.39, 0.29) is 5.41 Å². The summed E-state index contributed by atoms with van der Waals surface area (Å²) in [7, 11) is 1.78. The van der Waals surface area contributed by atoms with Gasteiger partial charge in [0, 0.05) is 19.1 Å². The fraction of sp³-hybridized carbons (Fsp3) is 0.538. The largest absolute Gasteiger partial charge is 0.384 e. The molecule has 0 unspecified atom stereocenters. The summed E-state index contributed by atoms with van der Waals surface area (Å²) >= 11 is 0. The molecular weight excluding hydrogens is 186 g/mol. The van der Waals surface area contributed by atoms with Crippen molar-refractivity contribution >= 4 is 0 Å². The lowest BCUT2D eigenvalue weighted by atomic mass is 9.64. The molecule has 82 valence electrons. The number of methoxy groups -OCH3 is 1. The normalized spacial score (nSPS) is 18.5. The van der Waals surface area contributed by atoms with Crippen molar-refractivity contribution in [3.8, 4) is 0 Å². The molecule has 0 amide bonds. The van der Waals surface area contributed by atoms with E-state index < -0.39 is 0 Å². The Morgan fingerprint density at radius 1 is 1.33 bits per heavy atom. The van der Waals surface area contributed by atoms with Crippen LogP contribution in [-0.4, -0.2) is 13.7 Å². The van der Waals surface area contributed by atoms with E-state index in [0.717, 1.165) is 6.61 Å². The topological polar surface area (TPSA) is 35.2 Å². The Labute approximate surface area is 91.4 Å². The maximum atomic E-state index is 5.78. The van der Waals surface area contributed by atoms with Gasteiger partial charge in [-0.2, -0.15) is 0 Å². The zero-order valence-corrected chi connectivity index (χ0v) is 9.33. The van der Waals surface area contributed by atoms with Crippen LogP contribution in [0.15, 0.2) is 24.3 Å². The maximum Gasteiger partial charge on any atom is 0.0559 e. The third-order valence-electron chi connectivity index (χ3n) is 3.54. The first-order valence-corrected chi connectivity index (χ1v) is 5.60. The van der Waals surface area contributed by atoms with E-state index in [9.17, 15) is 0 Å². The summed E-state index contributed by atoms with van der Waals surface area (Å²) in [5.74, 6) is 0. The minimum atomic E-state index is 0.255. The van der Waals surface area contributed by atoms with Gasteiger partial charge >= 0.3 is 0 Å². The summed E-state index contributed by atoms with van der Waals surface area (Å²) in [6, 6.07) is 8.50. The van der Waals surface area contributed by atoms with Gasteiger partial charge in [0.15, 0.2) is 0 Å². The third kappa shape index (κ3) is 1.80. The SMILES string of the molecule is COCC1(c2ccccc2CN)CCC1. The smallest absolute Gasteiger partial charge is 0.0559 e. The van der Waals surface area contributed by atoms with Gasteiger partial charge in [0.25, 0.3) is 0 Å². The first-order valence-electron chi connectivity index (χ1n) is 5.60. The van der Waals surface area contributed by atoms with Crippen LogP contribution in [0.5, 0.6) is 0 Å². The molecule has 2 N–H and O–H groups in total. The molecule has 1 aromatic rings. The molecular formula is C13H19NO. The van der Waals surface area contributed by atoms with Gasteiger partial charge in [-0.15, -0.1) is 0 Å². The van der Waals surface area contributed by atoms with E-state index in [1.165, 1.54) is 30.4 Å². The van der Waals surface area contributed by atoms with Crippen LogP contribution in [0.4, 0.5) is 0 Å². The van der Waals surface area contributed by atoms with Crippen molar-refractivity contribution in [3.63, 3.8) is 0 Å². The first-order chi connectivity index (χ1) is 7.32. The second kappa shape index (κ2) is 4.33. The van der Waals surface area contributed by atoms with Crippen LogP contribution in [0, 0.1) is 0 Å². The lowest BCUT2D eigenvalue weighted by Gasteiger charge is -2.43. The summed E-state index contributed by atoms with van der Waals surface area (Å²) < 4.78 is 5.36. The van der Waals surface area contributed by atoms with Crippen molar-refractivity contribution in [2.75, 3.05) is 13.7 Å². The molecule has 1 aliphatic rings. The highest BCUT2D eigenvalue weighted by Crippen LogP contribution is 2.45. The van der Waals surface area contributed by atoms with Gasteiger partial charge < -0.3 is 10.5 Å². The Morgan fingerprint density at radius 2 is 2.07 bits per heavy atom. The number of benzene rings is 1. The van der Waals surface area contributed by atoms with Crippen molar-refractivity contribution in [1.82, 2.24) is 0 Å². The molecule has 15 heavy (non-hydrogen) atoms. The standard InChI is InChI=1S/C13H19NO/c1-15-10-13(7-4-8-13)12-6-3-2-5-11(12)9-14/h2-3,5-6H,4,7-10,14H2,1H3. The van der Waals surface area contributed by atoms with Gasteiger partial charge in [-0.25, -0.2) is 0 Å². The van der Waals surface area contributed by atoms with E-state index in [4.69, 9.17) is 10.5 Å². The molecule has 1 saturated carbocycles. The van der Waals surface area contributed by atoms with Crippen LogP contribution in [0.2, 0.25) is 0 Å². The van der Waals surface area contributed by atoms with Crippen molar-refractivity contribution < 1.29 is 4.74 Å². The highest BCUT2D eigenvalue weighted by molar-refractivity contribution is 5.36. The Hall–Kier alpha value is -0.860. The molecule has 0 heterocycles. The van der Waals surface area contributed by atoms with Crippen molar-refractivity contribution in [3.05, 3.63) is 35.4 Å². The van der Waals surface area contributed by atoms with Gasteiger partial charge in [0.05, 0.1) is 6.61 Å². The molecule has 2 rings (SSSR count). The van der Waals surface area contributed by atoms with E-state index in [2.05, 4.69) is 24.3 Å². The monoisotopic (exact) mass is 205 g/mol. The van der Waals surface area contributed by atoms with Crippen molar-refractivity contribution in [1.29, 1.82) is 0 Å². The van der Waals surface area contributed by atoms with Crippen molar-refractivity contribution in [2.24, 2.45) is 5.73 Å². The first kappa shape index (κ1) is 10.7. The van der Waals surface area contributed by atoms with Gasteiger partial charge in [-0.3, -0.25) is 0 Å². The number of hydrogen-bond acceptors (Lipinski definition) is 2. The van der Waals surface area contributed by atoms with Gasteiger partial charge in [0.1, 0.15) is 0 Å². The number of hydrogen-bond donors (Lipinski definition) is 1. The average Bonchev–Trinajstić information content (AvgIpc) is 2.23. The predicted octanol–water partition coefficient (Wildman–Crippen LogP) is 2.21. The second-order valence-corrected chi connectivity index (χ2v) is 4.43. The molecule has 1 aromatic carbocycles. The molecule has 0 aliphatic heterocycles. The summed E-state index contributed by atoms with van der Waals surface area (Å²) in [4.78, 5) is 0. The van der Waals surface area contributed by atoms with Crippen LogP contribution in [0.25, 0.3) is 0 Å². The summed E-state index contributed by atoms with van der Waals surface area (Å²) in [5.41, 5.74) is 8.71. The molecule has 0 atom stereocenters. The zero-order chi connectivity index (χ0) is 10.7. The fourth-order valence-electron chi connectivity index (χ4n) is 2.59. The quantitative estimate of drug-likeness (QED) is 0.818.